The predicted molar refractivity (Wildman–Crippen MR) is 110 cm³/mol. The van der Waals surface area contributed by atoms with E-state index in [0.717, 1.165) is 24.7 Å². The van der Waals surface area contributed by atoms with Gasteiger partial charge >= 0.3 is 0 Å². The first kappa shape index (κ1) is 20.3. The Labute approximate surface area is 166 Å². The standard InChI is InChI=1S/C19H27N5O3S/c1-4-22(5-2)18-10-11-19(21-20-18)23-12-14-24(15-13-23)28(25,26)17-8-6-16(27-3)7-9-17/h6-11H,4-5,12-15H2,1-3H3. The van der Waals surface area contributed by atoms with Crippen LogP contribution in [0.5, 0.6) is 5.75 Å². The summed E-state index contributed by atoms with van der Waals surface area (Å²) in [5.74, 6) is 2.27. The Balaban J connectivity index is 1.65. The summed E-state index contributed by atoms with van der Waals surface area (Å²) in [6, 6.07) is 10.4. The quantitative estimate of drug-likeness (QED) is 0.695. The fourth-order valence-corrected chi connectivity index (χ4v) is 4.68. The van der Waals surface area contributed by atoms with Crippen molar-refractivity contribution in [3.8, 4) is 5.75 Å². The Hall–Kier alpha value is -2.39. The Morgan fingerprint density at radius 2 is 1.61 bits per heavy atom. The van der Waals surface area contributed by atoms with E-state index in [9.17, 15) is 8.42 Å². The summed E-state index contributed by atoms with van der Waals surface area (Å²) >= 11 is 0. The lowest BCUT2D eigenvalue weighted by Gasteiger charge is -2.34. The van der Waals surface area contributed by atoms with Gasteiger partial charge in [-0.2, -0.15) is 4.31 Å². The number of benzene rings is 1. The second-order valence-corrected chi connectivity index (χ2v) is 8.43. The lowest BCUT2D eigenvalue weighted by molar-refractivity contribution is 0.383. The fourth-order valence-electron chi connectivity index (χ4n) is 3.26. The normalized spacial score (nSPS) is 15.5. The van der Waals surface area contributed by atoms with E-state index in [4.69, 9.17) is 4.74 Å². The van der Waals surface area contributed by atoms with Crippen LogP contribution in [0, 0.1) is 0 Å². The summed E-state index contributed by atoms with van der Waals surface area (Å²) in [4.78, 5) is 4.49. The van der Waals surface area contributed by atoms with Gasteiger partial charge in [0.15, 0.2) is 11.6 Å². The molecule has 0 radical (unpaired) electrons. The Morgan fingerprint density at radius 3 is 2.11 bits per heavy atom. The molecule has 1 aliphatic rings. The van der Waals surface area contributed by atoms with Crippen LogP contribution in [0.3, 0.4) is 0 Å². The molecular weight excluding hydrogens is 378 g/mol. The summed E-state index contributed by atoms with van der Waals surface area (Å²) in [7, 11) is -1.95. The van der Waals surface area contributed by atoms with Crippen LogP contribution < -0.4 is 14.5 Å². The number of methoxy groups -OCH3 is 1. The molecular formula is C19H27N5O3S. The highest BCUT2D eigenvalue weighted by atomic mass is 32.2. The van der Waals surface area contributed by atoms with Crippen LogP contribution in [-0.2, 0) is 10.0 Å². The SMILES string of the molecule is CCN(CC)c1ccc(N2CCN(S(=O)(=O)c3ccc(OC)cc3)CC2)nn1. The highest BCUT2D eigenvalue weighted by molar-refractivity contribution is 7.89. The van der Waals surface area contributed by atoms with Crippen molar-refractivity contribution in [3.63, 3.8) is 0 Å². The maximum atomic E-state index is 12.8. The molecule has 1 aliphatic heterocycles. The summed E-state index contributed by atoms with van der Waals surface area (Å²) in [5, 5.41) is 8.65. The van der Waals surface area contributed by atoms with E-state index in [1.165, 1.54) is 4.31 Å². The van der Waals surface area contributed by atoms with E-state index in [2.05, 4.69) is 33.8 Å². The fraction of sp³-hybridized carbons (Fsp3) is 0.474. The summed E-state index contributed by atoms with van der Waals surface area (Å²) in [5.41, 5.74) is 0. The molecule has 1 saturated heterocycles. The molecule has 0 saturated carbocycles. The topological polar surface area (TPSA) is 78.9 Å². The van der Waals surface area contributed by atoms with Crippen molar-refractivity contribution in [3.05, 3.63) is 36.4 Å². The van der Waals surface area contributed by atoms with Gasteiger partial charge in [0.25, 0.3) is 0 Å². The molecule has 2 aromatic rings. The molecule has 0 N–H and O–H groups in total. The number of piperazine rings is 1. The van der Waals surface area contributed by atoms with Gasteiger partial charge in [-0.1, -0.05) is 0 Å². The van der Waals surface area contributed by atoms with Gasteiger partial charge in [-0.15, -0.1) is 10.2 Å². The molecule has 0 bridgehead atoms. The number of sulfonamides is 1. The largest absolute Gasteiger partial charge is 0.497 e. The van der Waals surface area contributed by atoms with Gasteiger partial charge in [0.1, 0.15) is 5.75 Å². The molecule has 28 heavy (non-hydrogen) atoms. The van der Waals surface area contributed by atoms with Crippen LogP contribution >= 0.6 is 0 Å². The molecule has 3 rings (SSSR count). The highest BCUT2D eigenvalue weighted by Gasteiger charge is 2.29. The smallest absolute Gasteiger partial charge is 0.243 e. The van der Waals surface area contributed by atoms with Crippen LogP contribution in [-0.4, -0.2) is 69.3 Å². The van der Waals surface area contributed by atoms with Gasteiger partial charge in [0.05, 0.1) is 12.0 Å². The zero-order valence-electron chi connectivity index (χ0n) is 16.6. The highest BCUT2D eigenvalue weighted by Crippen LogP contribution is 2.22. The first-order chi connectivity index (χ1) is 13.5. The number of ether oxygens (including phenoxy) is 1. The van der Waals surface area contributed by atoms with Gasteiger partial charge in [-0.25, -0.2) is 8.42 Å². The second kappa shape index (κ2) is 8.74. The number of nitrogens with zero attached hydrogens (tertiary/aromatic N) is 5. The predicted octanol–water partition coefficient (Wildman–Crippen LogP) is 1.84. The van der Waals surface area contributed by atoms with Crippen LogP contribution in [0.2, 0.25) is 0 Å². The maximum Gasteiger partial charge on any atom is 0.243 e. The molecule has 152 valence electrons. The Kier molecular flexibility index (Phi) is 6.35. The van der Waals surface area contributed by atoms with Gasteiger partial charge in [-0.05, 0) is 50.2 Å². The molecule has 1 fully saturated rings. The Bertz CT molecular complexity index is 859. The first-order valence-electron chi connectivity index (χ1n) is 9.47. The van der Waals surface area contributed by atoms with Crippen molar-refractivity contribution in [2.24, 2.45) is 0 Å². The molecule has 1 aromatic heterocycles. The van der Waals surface area contributed by atoms with E-state index < -0.39 is 10.0 Å². The minimum Gasteiger partial charge on any atom is -0.497 e. The molecule has 0 amide bonds. The van der Waals surface area contributed by atoms with Crippen molar-refractivity contribution in [2.45, 2.75) is 18.7 Å². The first-order valence-corrected chi connectivity index (χ1v) is 10.9. The molecule has 8 nitrogen and oxygen atoms in total. The zero-order valence-corrected chi connectivity index (χ0v) is 17.4. The van der Waals surface area contributed by atoms with Crippen LogP contribution in [0.15, 0.2) is 41.3 Å². The molecule has 0 atom stereocenters. The maximum absolute atomic E-state index is 12.8. The van der Waals surface area contributed by atoms with Gasteiger partial charge in [-0.3, -0.25) is 0 Å². The lowest BCUT2D eigenvalue weighted by atomic mass is 10.3. The van der Waals surface area contributed by atoms with E-state index >= 15 is 0 Å². The average molecular weight is 406 g/mol. The number of hydrogen-bond acceptors (Lipinski definition) is 7. The van der Waals surface area contributed by atoms with E-state index in [0.29, 0.717) is 31.9 Å². The third kappa shape index (κ3) is 4.20. The summed E-state index contributed by atoms with van der Waals surface area (Å²) in [6.45, 7) is 7.91. The molecule has 0 unspecified atom stereocenters. The van der Waals surface area contributed by atoms with E-state index in [-0.39, 0.29) is 4.90 Å². The van der Waals surface area contributed by atoms with E-state index in [1.54, 1.807) is 31.4 Å². The van der Waals surface area contributed by atoms with Crippen molar-refractivity contribution in [1.82, 2.24) is 14.5 Å². The third-order valence-electron chi connectivity index (χ3n) is 4.98. The summed E-state index contributed by atoms with van der Waals surface area (Å²) < 4.78 is 32.3. The third-order valence-corrected chi connectivity index (χ3v) is 6.90. The number of anilines is 2. The van der Waals surface area contributed by atoms with Crippen LogP contribution in [0.4, 0.5) is 11.6 Å². The molecule has 9 heteroatoms. The minimum absolute atomic E-state index is 0.283. The van der Waals surface area contributed by atoms with Crippen LogP contribution in [0.25, 0.3) is 0 Å². The van der Waals surface area contributed by atoms with Gasteiger partial charge in [0.2, 0.25) is 10.0 Å². The summed E-state index contributed by atoms with van der Waals surface area (Å²) in [6.07, 6.45) is 0. The average Bonchev–Trinajstić information content (AvgIpc) is 2.75. The van der Waals surface area contributed by atoms with Crippen LogP contribution in [0.1, 0.15) is 13.8 Å². The monoisotopic (exact) mass is 405 g/mol. The molecule has 2 heterocycles. The molecule has 0 spiro atoms. The minimum atomic E-state index is -3.51. The lowest BCUT2D eigenvalue weighted by Crippen LogP contribution is -2.49. The number of hydrogen-bond donors (Lipinski definition) is 0. The van der Waals surface area contributed by atoms with Crippen molar-refractivity contribution < 1.29 is 13.2 Å². The Morgan fingerprint density at radius 1 is 0.964 bits per heavy atom. The number of rotatable bonds is 7. The number of aromatic nitrogens is 2. The van der Waals surface area contributed by atoms with E-state index in [1.807, 2.05) is 12.1 Å². The molecule has 0 aliphatic carbocycles. The van der Waals surface area contributed by atoms with Gasteiger partial charge < -0.3 is 14.5 Å². The van der Waals surface area contributed by atoms with Crippen molar-refractivity contribution in [1.29, 1.82) is 0 Å². The van der Waals surface area contributed by atoms with Crippen molar-refractivity contribution in [2.75, 3.05) is 56.2 Å². The molecule has 1 aromatic carbocycles. The zero-order chi connectivity index (χ0) is 20.1. The van der Waals surface area contributed by atoms with Crippen molar-refractivity contribution >= 4 is 21.7 Å². The second-order valence-electron chi connectivity index (χ2n) is 6.49. The van der Waals surface area contributed by atoms with Gasteiger partial charge in [0, 0.05) is 39.3 Å².